The summed E-state index contributed by atoms with van der Waals surface area (Å²) in [5, 5.41) is 15.8. The Labute approximate surface area is 128 Å². The summed E-state index contributed by atoms with van der Waals surface area (Å²) in [5.41, 5.74) is 0.503. The number of hydrogen-bond acceptors (Lipinski definition) is 5. The molecule has 1 aliphatic heterocycles. The Kier molecular flexibility index (Phi) is 5.21. The third-order valence-corrected chi connectivity index (χ3v) is 5.21. The van der Waals surface area contributed by atoms with Gasteiger partial charge in [-0.25, -0.2) is 8.42 Å². The molecule has 0 bridgehead atoms. The second-order valence-electron chi connectivity index (χ2n) is 4.97. The number of aliphatic hydroxyl groups is 1. The van der Waals surface area contributed by atoms with Gasteiger partial charge in [0.1, 0.15) is 0 Å². The minimum absolute atomic E-state index is 0.0701. The van der Waals surface area contributed by atoms with Crippen molar-refractivity contribution in [3.8, 4) is 0 Å². The maximum atomic E-state index is 11.8. The van der Waals surface area contributed by atoms with Crippen LogP contribution in [-0.2, 0) is 9.84 Å². The Morgan fingerprint density at radius 1 is 1.24 bits per heavy atom. The Hall–Kier alpha value is -1.15. The molecule has 1 saturated heterocycles. The summed E-state index contributed by atoms with van der Waals surface area (Å²) < 4.78 is 22.6. The summed E-state index contributed by atoms with van der Waals surface area (Å²) in [6.45, 7) is 0.724. The van der Waals surface area contributed by atoms with Gasteiger partial charge in [0.25, 0.3) is 5.91 Å². The Morgan fingerprint density at radius 2 is 1.90 bits per heavy atom. The maximum absolute atomic E-state index is 11.8. The van der Waals surface area contributed by atoms with E-state index in [9.17, 15) is 18.3 Å². The summed E-state index contributed by atoms with van der Waals surface area (Å²) in [4.78, 5) is 11.8. The van der Waals surface area contributed by atoms with E-state index in [1.54, 1.807) is 24.3 Å². The molecule has 0 aliphatic carbocycles. The van der Waals surface area contributed by atoms with E-state index in [1.807, 2.05) is 0 Å². The molecule has 0 radical (unpaired) electrons. The number of halogens is 1. The van der Waals surface area contributed by atoms with Crippen LogP contribution in [-0.4, -0.2) is 56.2 Å². The van der Waals surface area contributed by atoms with Gasteiger partial charge < -0.3 is 15.7 Å². The first-order valence-electron chi connectivity index (χ1n) is 6.53. The lowest BCUT2D eigenvalue weighted by molar-refractivity contribution is 0.0953. The molecule has 3 N–H and O–H groups in total. The molecule has 1 aliphatic rings. The lowest BCUT2D eigenvalue weighted by Gasteiger charge is -2.15. The Bertz CT molecular complexity index is 603. The van der Waals surface area contributed by atoms with Crippen LogP contribution < -0.4 is 10.6 Å². The van der Waals surface area contributed by atoms with Crippen molar-refractivity contribution in [3.05, 3.63) is 34.9 Å². The fraction of sp³-hybridized carbons (Fsp3) is 0.462. The van der Waals surface area contributed by atoms with Crippen molar-refractivity contribution in [1.82, 2.24) is 10.6 Å². The molecule has 0 saturated carbocycles. The second kappa shape index (κ2) is 6.74. The second-order valence-corrected chi connectivity index (χ2v) is 7.56. The fourth-order valence-electron chi connectivity index (χ4n) is 2.16. The Balaban J connectivity index is 1.73. The van der Waals surface area contributed by atoms with Gasteiger partial charge in [0, 0.05) is 29.7 Å². The number of carbonyl (C=O) groups excluding carboxylic acids is 1. The van der Waals surface area contributed by atoms with E-state index < -0.39 is 22.0 Å². The average molecular weight is 333 g/mol. The smallest absolute Gasteiger partial charge is 0.251 e. The van der Waals surface area contributed by atoms with Crippen LogP contribution >= 0.6 is 11.6 Å². The van der Waals surface area contributed by atoms with Crippen LogP contribution in [0.15, 0.2) is 24.3 Å². The van der Waals surface area contributed by atoms with E-state index in [4.69, 9.17) is 11.6 Å². The molecule has 0 spiro atoms. The van der Waals surface area contributed by atoms with Gasteiger partial charge >= 0.3 is 0 Å². The first-order chi connectivity index (χ1) is 9.87. The van der Waals surface area contributed by atoms with E-state index in [1.165, 1.54) is 0 Å². The topological polar surface area (TPSA) is 95.5 Å². The first-order valence-corrected chi connectivity index (χ1v) is 8.73. The normalized spacial score (nSPS) is 23.9. The van der Waals surface area contributed by atoms with Gasteiger partial charge in [-0.05, 0) is 24.3 Å². The van der Waals surface area contributed by atoms with Crippen molar-refractivity contribution >= 4 is 27.3 Å². The van der Waals surface area contributed by atoms with Crippen molar-refractivity contribution < 1.29 is 18.3 Å². The average Bonchev–Trinajstić information content (AvgIpc) is 2.68. The molecular formula is C13H17ClN2O4S. The van der Waals surface area contributed by atoms with Crippen LogP contribution in [0.5, 0.6) is 0 Å². The minimum atomic E-state index is -3.16. The van der Waals surface area contributed by atoms with Gasteiger partial charge in [0.2, 0.25) is 0 Å². The molecular weight excluding hydrogens is 316 g/mol. The molecule has 1 amide bonds. The van der Waals surface area contributed by atoms with Crippen molar-refractivity contribution in [2.24, 2.45) is 0 Å². The minimum Gasteiger partial charge on any atom is -0.390 e. The first kappa shape index (κ1) is 16.2. The summed E-state index contributed by atoms with van der Waals surface area (Å²) >= 11 is 5.74. The standard InChI is InChI=1S/C13H17ClN2O4S/c14-10-3-1-9(2-4-10)13(18)16-6-5-15-11-7-21(19,20)8-12(11)17/h1-4,11-12,15,17H,5-8H2,(H,16,18). The molecule has 2 atom stereocenters. The molecule has 1 aromatic carbocycles. The van der Waals surface area contributed by atoms with E-state index in [0.717, 1.165) is 0 Å². The van der Waals surface area contributed by atoms with Crippen LogP contribution in [0, 0.1) is 0 Å². The number of carbonyl (C=O) groups is 1. The van der Waals surface area contributed by atoms with Crippen molar-refractivity contribution in [1.29, 1.82) is 0 Å². The highest BCUT2D eigenvalue weighted by Gasteiger charge is 2.35. The van der Waals surface area contributed by atoms with Gasteiger partial charge in [-0.2, -0.15) is 0 Å². The van der Waals surface area contributed by atoms with Crippen LogP contribution in [0.25, 0.3) is 0 Å². The predicted octanol–water partition coefficient (Wildman–Crippen LogP) is -0.183. The van der Waals surface area contributed by atoms with Crippen molar-refractivity contribution in [2.75, 3.05) is 24.6 Å². The van der Waals surface area contributed by atoms with Crippen LogP contribution in [0.4, 0.5) is 0 Å². The molecule has 2 rings (SSSR count). The van der Waals surface area contributed by atoms with Gasteiger partial charge in [0.15, 0.2) is 9.84 Å². The number of rotatable bonds is 5. The molecule has 1 heterocycles. The van der Waals surface area contributed by atoms with Gasteiger partial charge in [-0.15, -0.1) is 0 Å². The third-order valence-electron chi connectivity index (χ3n) is 3.25. The highest BCUT2D eigenvalue weighted by atomic mass is 35.5. The monoisotopic (exact) mass is 332 g/mol. The molecule has 6 nitrogen and oxygen atoms in total. The number of amides is 1. The summed E-state index contributed by atoms with van der Waals surface area (Å²) in [6, 6.07) is 6.04. The number of benzene rings is 1. The highest BCUT2D eigenvalue weighted by Crippen LogP contribution is 2.12. The molecule has 116 valence electrons. The quantitative estimate of drug-likeness (QED) is 0.650. The van der Waals surface area contributed by atoms with E-state index in [-0.39, 0.29) is 17.4 Å². The Morgan fingerprint density at radius 3 is 2.48 bits per heavy atom. The number of hydrogen-bond donors (Lipinski definition) is 3. The number of sulfone groups is 1. The zero-order valence-corrected chi connectivity index (χ0v) is 12.8. The molecule has 1 aromatic rings. The van der Waals surface area contributed by atoms with Gasteiger partial charge in [-0.1, -0.05) is 11.6 Å². The van der Waals surface area contributed by atoms with Crippen molar-refractivity contribution in [3.63, 3.8) is 0 Å². The van der Waals surface area contributed by atoms with Gasteiger partial charge in [0.05, 0.1) is 17.6 Å². The maximum Gasteiger partial charge on any atom is 0.251 e. The highest BCUT2D eigenvalue weighted by molar-refractivity contribution is 7.91. The molecule has 0 aromatic heterocycles. The van der Waals surface area contributed by atoms with E-state index in [2.05, 4.69) is 10.6 Å². The van der Waals surface area contributed by atoms with Crippen LogP contribution in [0.2, 0.25) is 5.02 Å². The molecule has 8 heteroatoms. The third kappa shape index (κ3) is 4.67. The van der Waals surface area contributed by atoms with Crippen LogP contribution in [0.3, 0.4) is 0 Å². The lowest BCUT2D eigenvalue weighted by atomic mass is 10.2. The number of aliphatic hydroxyl groups excluding tert-OH is 1. The fourth-order valence-corrected chi connectivity index (χ4v) is 4.06. The SMILES string of the molecule is O=C(NCCNC1CS(=O)(=O)CC1O)c1ccc(Cl)cc1. The van der Waals surface area contributed by atoms with Crippen LogP contribution in [0.1, 0.15) is 10.4 Å². The summed E-state index contributed by atoms with van der Waals surface area (Å²) in [7, 11) is -3.16. The van der Waals surface area contributed by atoms with Crippen molar-refractivity contribution in [2.45, 2.75) is 12.1 Å². The molecule has 1 fully saturated rings. The van der Waals surface area contributed by atoms with Gasteiger partial charge in [-0.3, -0.25) is 4.79 Å². The summed E-state index contributed by atoms with van der Waals surface area (Å²) in [5.74, 6) is -0.505. The molecule has 2 unspecified atom stereocenters. The summed E-state index contributed by atoms with van der Waals surface area (Å²) in [6.07, 6.45) is -0.887. The van der Waals surface area contributed by atoms with E-state index >= 15 is 0 Å². The molecule has 21 heavy (non-hydrogen) atoms. The lowest BCUT2D eigenvalue weighted by Crippen LogP contribution is -2.42. The predicted molar refractivity (Wildman–Crippen MR) is 80.2 cm³/mol. The van der Waals surface area contributed by atoms with E-state index in [0.29, 0.717) is 23.7 Å². The zero-order valence-electron chi connectivity index (χ0n) is 11.3. The number of nitrogens with one attached hydrogen (secondary N) is 2. The largest absolute Gasteiger partial charge is 0.390 e. The zero-order chi connectivity index (χ0) is 15.5.